The SMILES string of the molecule is CCOC(=O)CCC(=O)c1nc2c(CCc3ccccc3C)cccc2c(C#N)c1O. The Bertz CT molecular complexity index is 1180. The van der Waals surface area contributed by atoms with E-state index in [9.17, 15) is 20.0 Å². The number of hydrogen-bond donors (Lipinski definition) is 1. The van der Waals surface area contributed by atoms with Gasteiger partial charge in [-0.05, 0) is 43.4 Å². The molecule has 1 heterocycles. The number of ether oxygens (including phenoxy) is 1. The lowest BCUT2D eigenvalue weighted by atomic mass is 9.96. The molecule has 0 aliphatic heterocycles. The molecule has 158 valence electrons. The normalized spacial score (nSPS) is 10.6. The van der Waals surface area contributed by atoms with Gasteiger partial charge >= 0.3 is 5.97 Å². The van der Waals surface area contributed by atoms with Crippen molar-refractivity contribution in [2.24, 2.45) is 0 Å². The number of Topliss-reactive ketones (excluding diaryl/α,β-unsaturated/α-hetero) is 1. The van der Waals surface area contributed by atoms with Crippen LogP contribution in [0.5, 0.6) is 5.75 Å². The average Bonchev–Trinajstić information content (AvgIpc) is 2.76. The van der Waals surface area contributed by atoms with E-state index in [1.165, 1.54) is 11.1 Å². The summed E-state index contributed by atoms with van der Waals surface area (Å²) in [7, 11) is 0. The molecule has 0 aliphatic carbocycles. The fourth-order valence-corrected chi connectivity index (χ4v) is 3.57. The van der Waals surface area contributed by atoms with E-state index in [-0.39, 0.29) is 30.7 Å². The topological polar surface area (TPSA) is 100 Å². The van der Waals surface area contributed by atoms with Crippen molar-refractivity contribution in [3.05, 3.63) is 70.4 Å². The molecule has 0 radical (unpaired) electrons. The highest BCUT2D eigenvalue weighted by Gasteiger charge is 2.22. The van der Waals surface area contributed by atoms with Crippen LogP contribution < -0.4 is 0 Å². The number of aromatic hydroxyl groups is 1. The van der Waals surface area contributed by atoms with E-state index in [0.29, 0.717) is 17.3 Å². The van der Waals surface area contributed by atoms with Gasteiger partial charge in [-0.15, -0.1) is 0 Å². The summed E-state index contributed by atoms with van der Waals surface area (Å²) in [5.74, 6) is -1.44. The first-order valence-electron chi connectivity index (χ1n) is 10.2. The summed E-state index contributed by atoms with van der Waals surface area (Å²) in [5.41, 5.74) is 3.64. The molecule has 0 fully saturated rings. The second-order valence-corrected chi connectivity index (χ2v) is 7.26. The first-order chi connectivity index (χ1) is 15.0. The smallest absolute Gasteiger partial charge is 0.306 e. The Morgan fingerprint density at radius 1 is 1.06 bits per heavy atom. The minimum absolute atomic E-state index is 0.0160. The van der Waals surface area contributed by atoms with Gasteiger partial charge in [0.05, 0.1) is 18.5 Å². The van der Waals surface area contributed by atoms with Gasteiger partial charge in [-0.2, -0.15) is 5.26 Å². The highest BCUT2D eigenvalue weighted by atomic mass is 16.5. The number of rotatable bonds is 8. The van der Waals surface area contributed by atoms with Gasteiger partial charge in [-0.25, -0.2) is 4.98 Å². The molecule has 0 aliphatic rings. The van der Waals surface area contributed by atoms with E-state index >= 15 is 0 Å². The molecule has 31 heavy (non-hydrogen) atoms. The van der Waals surface area contributed by atoms with E-state index in [2.05, 4.69) is 24.0 Å². The van der Waals surface area contributed by atoms with Crippen molar-refractivity contribution in [1.82, 2.24) is 4.98 Å². The Hall–Kier alpha value is -3.72. The first-order valence-corrected chi connectivity index (χ1v) is 10.2. The van der Waals surface area contributed by atoms with Crippen LogP contribution in [0.1, 0.15) is 52.5 Å². The Kier molecular flexibility index (Phi) is 6.99. The molecule has 0 bridgehead atoms. The number of esters is 1. The van der Waals surface area contributed by atoms with Crippen molar-refractivity contribution in [2.45, 2.75) is 39.5 Å². The Balaban J connectivity index is 1.97. The van der Waals surface area contributed by atoms with Crippen LogP contribution >= 0.6 is 0 Å². The van der Waals surface area contributed by atoms with Crippen LogP contribution in [0, 0.1) is 18.3 Å². The zero-order chi connectivity index (χ0) is 22.4. The lowest BCUT2D eigenvalue weighted by Gasteiger charge is -2.12. The van der Waals surface area contributed by atoms with Gasteiger partial charge in [0.2, 0.25) is 0 Å². The number of carbonyl (C=O) groups is 2. The molecule has 3 rings (SSSR count). The van der Waals surface area contributed by atoms with Crippen molar-refractivity contribution in [3.8, 4) is 11.8 Å². The monoisotopic (exact) mass is 416 g/mol. The predicted octanol–water partition coefficient (Wildman–Crippen LogP) is 4.43. The van der Waals surface area contributed by atoms with Crippen molar-refractivity contribution in [1.29, 1.82) is 5.26 Å². The molecule has 6 heteroatoms. The summed E-state index contributed by atoms with van der Waals surface area (Å²) in [6, 6.07) is 15.6. The number of hydrogen-bond acceptors (Lipinski definition) is 6. The molecule has 0 atom stereocenters. The first kappa shape index (κ1) is 22.0. The highest BCUT2D eigenvalue weighted by molar-refractivity contribution is 6.02. The molecule has 0 unspecified atom stereocenters. The van der Waals surface area contributed by atoms with E-state index in [1.807, 2.05) is 30.3 Å². The van der Waals surface area contributed by atoms with Crippen LogP contribution in [-0.2, 0) is 22.4 Å². The second kappa shape index (κ2) is 9.86. The van der Waals surface area contributed by atoms with Crippen molar-refractivity contribution < 1.29 is 19.4 Å². The maximum Gasteiger partial charge on any atom is 0.306 e. The van der Waals surface area contributed by atoms with Crippen LogP contribution in [0.2, 0.25) is 0 Å². The molecule has 1 aromatic heterocycles. The van der Waals surface area contributed by atoms with Gasteiger partial charge in [0, 0.05) is 11.8 Å². The number of aryl methyl sites for hydroxylation is 3. The third kappa shape index (κ3) is 4.89. The third-order valence-electron chi connectivity index (χ3n) is 5.24. The quantitative estimate of drug-likeness (QED) is 0.431. The number of nitrogens with zero attached hydrogens (tertiary/aromatic N) is 2. The Morgan fingerprint density at radius 2 is 1.77 bits per heavy atom. The van der Waals surface area contributed by atoms with Gasteiger partial charge in [0.25, 0.3) is 0 Å². The van der Waals surface area contributed by atoms with Gasteiger partial charge < -0.3 is 9.84 Å². The molecule has 3 aromatic rings. The van der Waals surface area contributed by atoms with Gasteiger partial charge in [0.1, 0.15) is 17.3 Å². The molecule has 1 N–H and O–H groups in total. The fourth-order valence-electron chi connectivity index (χ4n) is 3.57. The minimum Gasteiger partial charge on any atom is -0.504 e. The highest BCUT2D eigenvalue weighted by Crippen LogP contribution is 2.31. The fraction of sp³-hybridized carbons (Fsp3) is 0.280. The molecule has 6 nitrogen and oxygen atoms in total. The summed E-state index contributed by atoms with van der Waals surface area (Å²) in [6.07, 6.45) is 1.19. The number of benzene rings is 2. The van der Waals surface area contributed by atoms with Gasteiger partial charge in [-0.3, -0.25) is 9.59 Å². The summed E-state index contributed by atoms with van der Waals surface area (Å²) in [5, 5.41) is 20.7. The molecule has 2 aromatic carbocycles. The number of nitriles is 1. The standard InChI is InChI=1S/C25H24N2O4/c1-3-31-22(29)14-13-21(28)24-25(30)20(15-26)19-10-6-9-18(23(19)27-24)12-11-17-8-5-4-7-16(17)2/h4-10,30H,3,11-14H2,1-2H3. The molecule has 0 spiro atoms. The molecule has 0 amide bonds. The van der Waals surface area contributed by atoms with Crippen LogP contribution in [0.3, 0.4) is 0 Å². The van der Waals surface area contributed by atoms with Gasteiger partial charge in [0.15, 0.2) is 11.5 Å². The number of para-hydroxylation sites is 1. The number of fused-ring (bicyclic) bond motifs is 1. The third-order valence-corrected chi connectivity index (χ3v) is 5.24. The predicted molar refractivity (Wildman–Crippen MR) is 117 cm³/mol. The van der Waals surface area contributed by atoms with Gasteiger partial charge in [-0.1, -0.05) is 42.5 Å². The van der Waals surface area contributed by atoms with Crippen LogP contribution in [-0.4, -0.2) is 28.4 Å². The molecule has 0 saturated heterocycles. The van der Waals surface area contributed by atoms with Crippen LogP contribution in [0.4, 0.5) is 0 Å². The Morgan fingerprint density at radius 3 is 2.48 bits per heavy atom. The maximum absolute atomic E-state index is 12.7. The molecule has 0 saturated carbocycles. The lowest BCUT2D eigenvalue weighted by molar-refractivity contribution is -0.143. The zero-order valence-corrected chi connectivity index (χ0v) is 17.6. The minimum atomic E-state index is -0.502. The second-order valence-electron chi connectivity index (χ2n) is 7.26. The van der Waals surface area contributed by atoms with E-state index in [0.717, 1.165) is 12.0 Å². The summed E-state index contributed by atoms with van der Waals surface area (Å²) in [6.45, 7) is 3.98. The number of carbonyl (C=O) groups excluding carboxylic acids is 2. The van der Waals surface area contributed by atoms with Crippen LogP contribution in [0.15, 0.2) is 42.5 Å². The van der Waals surface area contributed by atoms with Crippen LogP contribution in [0.25, 0.3) is 10.9 Å². The van der Waals surface area contributed by atoms with Crippen molar-refractivity contribution in [2.75, 3.05) is 6.61 Å². The van der Waals surface area contributed by atoms with E-state index in [1.54, 1.807) is 13.0 Å². The van der Waals surface area contributed by atoms with Crippen molar-refractivity contribution in [3.63, 3.8) is 0 Å². The summed E-state index contributed by atoms with van der Waals surface area (Å²) < 4.78 is 4.85. The zero-order valence-electron chi connectivity index (χ0n) is 17.6. The number of pyridine rings is 1. The average molecular weight is 416 g/mol. The molecular formula is C25H24N2O4. The Labute approximate surface area is 181 Å². The van der Waals surface area contributed by atoms with Crippen molar-refractivity contribution >= 4 is 22.7 Å². The number of aromatic nitrogens is 1. The van der Waals surface area contributed by atoms with E-state index in [4.69, 9.17) is 4.74 Å². The summed E-state index contributed by atoms with van der Waals surface area (Å²) in [4.78, 5) is 28.7. The van der Waals surface area contributed by atoms with E-state index < -0.39 is 17.5 Å². The summed E-state index contributed by atoms with van der Waals surface area (Å²) >= 11 is 0. The lowest BCUT2D eigenvalue weighted by Crippen LogP contribution is -2.10. The molecular weight excluding hydrogens is 392 g/mol. The largest absolute Gasteiger partial charge is 0.504 e. The number of ketones is 1. The maximum atomic E-state index is 12.7.